The molecule has 0 radical (unpaired) electrons. The normalized spacial score (nSPS) is 21.9. The molecule has 648 valence electrons. The third-order valence-electron chi connectivity index (χ3n) is 19.7. The van der Waals surface area contributed by atoms with E-state index in [2.05, 4.69) is 99.0 Å². The van der Waals surface area contributed by atoms with Crippen LogP contribution < -0.4 is 86.3 Å². The number of nitrogens with one attached hydrogen (secondary N) is 18. The van der Waals surface area contributed by atoms with Crippen molar-refractivity contribution in [3.63, 3.8) is 0 Å². The number of primary amides is 1. The summed E-state index contributed by atoms with van der Waals surface area (Å²) in [5.74, 6) is -15.0. The number of likely N-dealkylation sites (N-methyl/N-ethyl adjacent to an activating group) is 2. The van der Waals surface area contributed by atoms with Gasteiger partial charge in [-0.25, -0.2) is 15.0 Å². The molecule has 121 heavy (non-hydrogen) atoms. The summed E-state index contributed by atoms with van der Waals surface area (Å²) in [6.45, 7) is -1.05. The van der Waals surface area contributed by atoms with Crippen molar-refractivity contribution in [3.8, 4) is 0 Å². The van der Waals surface area contributed by atoms with Gasteiger partial charge in [-0.15, -0.1) is 11.8 Å². The van der Waals surface area contributed by atoms with Gasteiger partial charge in [0.05, 0.1) is 44.4 Å². The minimum atomic E-state index is -1.83. The SMILES string of the molecule is CC[C@@H]1NC(=O)[C@H](Cc2ccccc2)NC(=O)CSC[C@@H](C(=O)NCC(N)=O)NC(=O)[C@H](Cc2cncn2C)NC(=O)[C@H](CCCNC(=N)N)NC(=O)[C@H](Cc2cnc[nH]2)NC(=O)[C@H](Cc2ccccc2)N(C)C(=O)[C@H](CCCNC(=N)N)NC(=O)[C@H](CO)NC(=O)CN(C)C(=O)[C@H](Cc2cnc[nH]2)NC(=O)[C@H](Cc2c[nH]c3ccccc23)NC1=O. The zero-order valence-corrected chi connectivity index (χ0v) is 68.0. The molecular formula is C78H105N27O15S. The second-order valence-electron chi connectivity index (χ2n) is 28.8. The molecule has 42 nitrogen and oxygen atoms in total. The summed E-state index contributed by atoms with van der Waals surface area (Å²) in [5.41, 5.74) is 20.0. The van der Waals surface area contributed by atoms with E-state index >= 15 is 28.8 Å². The number of thioether (sulfide) groups is 1. The van der Waals surface area contributed by atoms with E-state index in [1.807, 2.05) is 0 Å². The first-order chi connectivity index (χ1) is 58.0. The number of imidazole rings is 3. The number of aromatic amines is 3. The van der Waals surface area contributed by atoms with E-state index in [-0.39, 0.29) is 83.7 Å². The van der Waals surface area contributed by atoms with Gasteiger partial charge in [-0.1, -0.05) is 85.8 Å². The third-order valence-corrected chi connectivity index (χ3v) is 20.7. The van der Waals surface area contributed by atoms with Gasteiger partial charge in [0.15, 0.2) is 11.9 Å². The number of guanidine groups is 2. The number of benzene rings is 3. The number of fused-ring (bicyclic) bond motifs is 1. The first-order valence-corrected chi connectivity index (χ1v) is 40.1. The monoisotopic (exact) mass is 1690 g/mol. The number of rotatable bonds is 25. The summed E-state index contributed by atoms with van der Waals surface area (Å²) in [7, 11) is 4.09. The molecule has 0 aliphatic carbocycles. The summed E-state index contributed by atoms with van der Waals surface area (Å²) in [4.78, 5) is 228. The van der Waals surface area contributed by atoms with Crippen LogP contribution in [0.1, 0.15) is 72.8 Å². The van der Waals surface area contributed by atoms with Gasteiger partial charge in [0.25, 0.3) is 0 Å². The van der Waals surface area contributed by atoms with Gasteiger partial charge >= 0.3 is 0 Å². The predicted molar refractivity (Wildman–Crippen MR) is 442 cm³/mol. The number of aliphatic hydroxyl groups is 1. The van der Waals surface area contributed by atoms with Crippen molar-refractivity contribution in [2.24, 2.45) is 24.2 Å². The molecule has 1 fully saturated rings. The topological polar surface area (TPSA) is 639 Å². The molecule has 5 heterocycles. The molecule has 11 atom stereocenters. The zero-order chi connectivity index (χ0) is 87.7. The van der Waals surface area contributed by atoms with Crippen molar-refractivity contribution in [2.75, 3.05) is 58.4 Å². The lowest BCUT2D eigenvalue weighted by molar-refractivity contribution is -0.143. The van der Waals surface area contributed by atoms with E-state index in [1.165, 1.54) is 51.7 Å². The van der Waals surface area contributed by atoms with Crippen LogP contribution in [0.3, 0.4) is 0 Å². The number of nitrogens with two attached hydrogens (primary N) is 3. The second kappa shape index (κ2) is 46.4. The molecule has 43 heteroatoms. The number of aromatic nitrogens is 7. The summed E-state index contributed by atoms with van der Waals surface area (Å²) >= 11 is 0.806. The van der Waals surface area contributed by atoms with Gasteiger partial charge in [-0.3, -0.25) is 77.9 Å². The molecule has 7 aromatic rings. The third kappa shape index (κ3) is 29.1. The Morgan fingerprint density at radius 3 is 1.59 bits per heavy atom. The molecule has 8 rings (SSSR count). The maximum Gasteiger partial charge on any atom is 0.245 e. The largest absolute Gasteiger partial charge is 0.394 e. The van der Waals surface area contributed by atoms with Crippen LogP contribution in [0.2, 0.25) is 0 Å². The summed E-state index contributed by atoms with van der Waals surface area (Å²) in [6, 6.07) is 6.80. The van der Waals surface area contributed by atoms with Gasteiger partial charge in [0.1, 0.15) is 66.5 Å². The highest BCUT2D eigenvalue weighted by Gasteiger charge is 2.40. The Morgan fingerprint density at radius 1 is 0.512 bits per heavy atom. The minimum absolute atomic E-state index is 0.0151. The number of carbonyl (C=O) groups excluding carboxylic acids is 14. The van der Waals surface area contributed by atoms with Crippen LogP contribution in [-0.2, 0) is 113 Å². The van der Waals surface area contributed by atoms with Gasteiger partial charge < -0.3 is 121 Å². The van der Waals surface area contributed by atoms with Crippen LogP contribution in [0.15, 0.2) is 129 Å². The van der Waals surface area contributed by atoms with E-state index in [4.69, 9.17) is 28.0 Å². The lowest BCUT2D eigenvalue weighted by atomic mass is 10.0. The molecule has 4 aromatic heterocycles. The van der Waals surface area contributed by atoms with Crippen molar-refractivity contribution in [1.29, 1.82) is 10.8 Å². The number of amides is 14. The van der Waals surface area contributed by atoms with Crippen molar-refractivity contribution in [1.82, 2.24) is 113 Å². The zero-order valence-electron chi connectivity index (χ0n) is 67.2. The lowest BCUT2D eigenvalue weighted by Crippen LogP contribution is -2.61. The van der Waals surface area contributed by atoms with Crippen LogP contribution in [0.4, 0.5) is 0 Å². The first-order valence-electron chi connectivity index (χ1n) is 38.9. The minimum Gasteiger partial charge on any atom is -0.394 e. The average Bonchev–Trinajstić information content (AvgIpc) is 1.67. The Hall–Kier alpha value is -13.7. The van der Waals surface area contributed by atoms with Crippen LogP contribution in [0.25, 0.3) is 10.9 Å². The number of carbonyl (C=O) groups is 14. The highest BCUT2D eigenvalue weighted by Crippen LogP contribution is 2.21. The summed E-state index contributed by atoms with van der Waals surface area (Å²) < 4.78 is 1.54. The molecular weight excluding hydrogens is 1590 g/mol. The Bertz CT molecular complexity index is 4720. The lowest BCUT2D eigenvalue weighted by Gasteiger charge is -2.33. The number of H-pyrrole nitrogens is 3. The maximum atomic E-state index is 15.4. The Balaban J connectivity index is 1.19. The molecule has 3 aromatic carbocycles. The van der Waals surface area contributed by atoms with Gasteiger partial charge in [0, 0.05) is 131 Å². The molecule has 1 saturated heterocycles. The van der Waals surface area contributed by atoms with Gasteiger partial charge in [-0.05, 0) is 54.9 Å². The van der Waals surface area contributed by atoms with Gasteiger partial charge in [-0.2, -0.15) is 0 Å². The van der Waals surface area contributed by atoms with E-state index in [1.54, 1.807) is 110 Å². The number of para-hydroxylation sites is 1. The number of aryl methyl sites for hydroxylation is 1. The fourth-order valence-corrected chi connectivity index (χ4v) is 14.0. The number of nitrogens with zero attached hydrogens (tertiary/aromatic N) is 6. The van der Waals surface area contributed by atoms with Crippen molar-refractivity contribution in [2.45, 2.75) is 144 Å². The van der Waals surface area contributed by atoms with E-state index in [9.17, 15) is 43.5 Å². The Morgan fingerprint density at radius 2 is 1.01 bits per heavy atom. The van der Waals surface area contributed by atoms with Crippen LogP contribution in [0.5, 0.6) is 0 Å². The van der Waals surface area contributed by atoms with Crippen LogP contribution >= 0.6 is 11.8 Å². The molecule has 1 aliphatic rings. The highest BCUT2D eigenvalue weighted by molar-refractivity contribution is 8.00. The molecule has 0 bridgehead atoms. The molecule has 25 N–H and O–H groups in total. The summed E-state index contributed by atoms with van der Waals surface area (Å²) in [6.07, 6.45) is 7.85. The second-order valence-corrected chi connectivity index (χ2v) is 29.9. The van der Waals surface area contributed by atoms with E-state index < -0.39 is 192 Å². The quantitative estimate of drug-likeness (QED) is 0.0144. The summed E-state index contributed by atoms with van der Waals surface area (Å²) in [5, 5.41) is 61.4. The van der Waals surface area contributed by atoms with Gasteiger partial charge in [0.2, 0.25) is 82.7 Å². The number of hydrogen-bond donors (Lipinski definition) is 22. The fourth-order valence-electron chi connectivity index (χ4n) is 13.2. The maximum absolute atomic E-state index is 15.4. The van der Waals surface area contributed by atoms with Crippen molar-refractivity contribution >= 4 is 117 Å². The molecule has 0 saturated carbocycles. The molecule has 0 spiro atoms. The number of hydrogen-bond acceptors (Lipinski definition) is 21. The predicted octanol–water partition coefficient (Wildman–Crippen LogP) is -5.49. The smallest absolute Gasteiger partial charge is 0.245 e. The van der Waals surface area contributed by atoms with Crippen LogP contribution in [0, 0.1) is 10.8 Å². The highest BCUT2D eigenvalue weighted by atomic mass is 32.2. The molecule has 14 amide bonds. The van der Waals surface area contributed by atoms with Crippen molar-refractivity contribution < 1.29 is 72.2 Å². The van der Waals surface area contributed by atoms with Crippen LogP contribution in [-0.4, -0.2) is 269 Å². The van der Waals surface area contributed by atoms with E-state index in [0.717, 1.165) is 21.6 Å². The number of aliphatic hydroxyl groups excluding tert-OH is 1. The Kier molecular flexibility index (Phi) is 35.6. The molecule has 1 aliphatic heterocycles. The Labute approximate surface area is 699 Å². The van der Waals surface area contributed by atoms with E-state index in [0.29, 0.717) is 44.7 Å². The standard InChI is InChI=1S/C78H105N27O15S/c1-5-51-67(111)98-56(28-46-32-89-52-21-13-12-20-50(46)52)70(114)101-59(30-48-34-85-42-92-48)75(119)103(2)37-64(108)94-60(38-106)73(117)97-54(23-15-25-88-78(82)83)76(120)105(4)62(27-45-18-10-7-11-19-45)74(118)100-57(29-47-33-84-41-91-47)71(115)96-53(22-14-24-87-77(80)81)68(112)99-58(31-49-35-86-43-104(49)3)72(116)102-61(66(110)90-36-63(79)107)39-121-40-65(109)93-55(69(113)95-51)26-44-16-8-6-9-17-44/h6-13,16-21,32-35,41-43,51,53-62,89,106H,5,14-15,22-31,36-40H2,1-4H3,(H2,79,107)(H,84,91)(H,85,92)(H,90,110)(H,93,109)(H,94,108)(H,95,113)(H,96,115)(H,97,117)(H,98,111)(H,99,112)(H,100,118)(H,101,114)(H,102,116)(H4,80,81,87)(H4,82,83,88)/t51-,53-,54-,55-,56-,57-,58-,59-,60-,61-,62-/m0/s1. The van der Waals surface area contributed by atoms with Crippen molar-refractivity contribution in [3.05, 3.63) is 162 Å². The first kappa shape index (κ1) is 92.8. The molecule has 0 unspecified atom stereocenters. The fraction of sp³-hybridized carbons (Fsp3) is 0.423. The average molecular weight is 1690 g/mol.